The molecule has 2 rings (SSSR count). The van der Waals surface area contributed by atoms with Crippen LogP contribution in [0.1, 0.15) is 42.3 Å². The Morgan fingerprint density at radius 1 is 1.47 bits per heavy atom. The van der Waals surface area contributed by atoms with Crippen molar-refractivity contribution in [2.24, 2.45) is 10.9 Å². The van der Waals surface area contributed by atoms with Crippen molar-refractivity contribution in [3.63, 3.8) is 0 Å². The molecule has 1 aliphatic heterocycles. The van der Waals surface area contributed by atoms with Gasteiger partial charge in [-0.1, -0.05) is 25.5 Å². The fourth-order valence-electron chi connectivity index (χ4n) is 1.82. The SMILES string of the molecule is Cc1ccc(C(=O)O)c(C2=NC(C)(C(C)C)ON2)c1. The number of aromatic carboxylic acids is 1. The monoisotopic (exact) mass is 262 g/mol. The van der Waals surface area contributed by atoms with E-state index in [4.69, 9.17) is 4.84 Å². The molecular weight excluding hydrogens is 244 g/mol. The van der Waals surface area contributed by atoms with E-state index in [9.17, 15) is 9.90 Å². The molecule has 2 N–H and O–H groups in total. The van der Waals surface area contributed by atoms with E-state index in [0.29, 0.717) is 11.4 Å². The first kappa shape index (κ1) is 13.5. The Balaban J connectivity index is 2.49. The molecule has 0 bridgehead atoms. The molecule has 5 heteroatoms. The van der Waals surface area contributed by atoms with E-state index in [1.165, 1.54) is 0 Å². The second-order valence-electron chi connectivity index (χ2n) is 5.23. The van der Waals surface area contributed by atoms with Crippen molar-refractivity contribution >= 4 is 11.8 Å². The predicted molar refractivity (Wildman–Crippen MR) is 72.1 cm³/mol. The first-order chi connectivity index (χ1) is 8.83. The number of benzene rings is 1. The largest absolute Gasteiger partial charge is 0.478 e. The van der Waals surface area contributed by atoms with Crippen molar-refractivity contribution < 1.29 is 14.7 Å². The van der Waals surface area contributed by atoms with E-state index < -0.39 is 11.7 Å². The predicted octanol–water partition coefficient (Wildman–Crippen LogP) is 2.35. The minimum Gasteiger partial charge on any atom is -0.478 e. The fourth-order valence-corrected chi connectivity index (χ4v) is 1.82. The van der Waals surface area contributed by atoms with E-state index in [0.717, 1.165) is 5.56 Å². The molecule has 19 heavy (non-hydrogen) atoms. The molecule has 0 fully saturated rings. The minimum atomic E-state index is -0.974. The second-order valence-corrected chi connectivity index (χ2v) is 5.23. The molecule has 1 aromatic rings. The van der Waals surface area contributed by atoms with Crippen LogP contribution in [0.2, 0.25) is 0 Å². The van der Waals surface area contributed by atoms with Gasteiger partial charge in [0.1, 0.15) is 0 Å². The molecule has 0 saturated carbocycles. The van der Waals surface area contributed by atoms with E-state index >= 15 is 0 Å². The Morgan fingerprint density at radius 3 is 2.68 bits per heavy atom. The van der Waals surface area contributed by atoms with E-state index in [-0.39, 0.29) is 11.5 Å². The van der Waals surface area contributed by atoms with Crippen molar-refractivity contribution in [3.05, 3.63) is 34.9 Å². The molecule has 0 aromatic heterocycles. The van der Waals surface area contributed by atoms with Crippen molar-refractivity contribution in [2.75, 3.05) is 0 Å². The molecule has 1 aliphatic rings. The van der Waals surface area contributed by atoms with Crippen LogP contribution in [0.25, 0.3) is 0 Å². The highest BCUT2D eigenvalue weighted by Crippen LogP contribution is 2.27. The number of hydroxylamine groups is 1. The maximum Gasteiger partial charge on any atom is 0.336 e. The van der Waals surface area contributed by atoms with Gasteiger partial charge in [0.15, 0.2) is 11.6 Å². The highest BCUT2D eigenvalue weighted by Gasteiger charge is 2.36. The number of carboxylic acids is 1. The van der Waals surface area contributed by atoms with Crippen LogP contribution in [0, 0.1) is 12.8 Å². The highest BCUT2D eigenvalue weighted by molar-refractivity contribution is 6.07. The van der Waals surface area contributed by atoms with Crippen LogP contribution in [-0.2, 0) is 4.84 Å². The Kier molecular flexibility index (Phi) is 3.32. The number of hydrogen-bond donors (Lipinski definition) is 2. The van der Waals surface area contributed by atoms with Gasteiger partial charge in [0.05, 0.1) is 5.56 Å². The van der Waals surface area contributed by atoms with Gasteiger partial charge in [-0.25, -0.2) is 20.1 Å². The molecule has 0 spiro atoms. The van der Waals surface area contributed by atoms with Gasteiger partial charge >= 0.3 is 5.97 Å². The molecule has 0 radical (unpaired) electrons. The lowest BCUT2D eigenvalue weighted by Gasteiger charge is -2.22. The highest BCUT2D eigenvalue weighted by atomic mass is 16.7. The molecule has 1 atom stereocenters. The molecular formula is C14H18N2O3. The Hall–Kier alpha value is -1.88. The van der Waals surface area contributed by atoms with Gasteiger partial charge in [0, 0.05) is 11.5 Å². The third kappa shape index (κ3) is 2.46. The number of nitrogens with zero attached hydrogens (tertiary/aromatic N) is 1. The third-order valence-electron chi connectivity index (χ3n) is 3.42. The minimum absolute atomic E-state index is 0.176. The summed E-state index contributed by atoms with van der Waals surface area (Å²) in [5, 5.41) is 9.23. The van der Waals surface area contributed by atoms with Gasteiger partial charge < -0.3 is 5.11 Å². The van der Waals surface area contributed by atoms with Gasteiger partial charge in [-0.3, -0.25) is 0 Å². The number of aryl methyl sites for hydroxylation is 1. The molecule has 1 aromatic carbocycles. The van der Waals surface area contributed by atoms with Crippen LogP contribution >= 0.6 is 0 Å². The normalized spacial score (nSPS) is 22.3. The first-order valence-electron chi connectivity index (χ1n) is 6.21. The zero-order valence-electron chi connectivity index (χ0n) is 11.5. The first-order valence-corrected chi connectivity index (χ1v) is 6.21. The molecule has 102 valence electrons. The molecule has 0 aliphatic carbocycles. The summed E-state index contributed by atoms with van der Waals surface area (Å²) in [7, 11) is 0. The summed E-state index contributed by atoms with van der Waals surface area (Å²) in [6.07, 6.45) is 0. The summed E-state index contributed by atoms with van der Waals surface area (Å²) in [5.41, 5.74) is 3.83. The Bertz CT molecular complexity index is 552. The summed E-state index contributed by atoms with van der Waals surface area (Å²) in [6.45, 7) is 7.78. The zero-order valence-corrected chi connectivity index (χ0v) is 11.5. The molecule has 0 saturated heterocycles. The Morgan fingerprint density at radius 2 is 2.16 bits per heavy atom. The quantitative estimate of drug-likeness (QED) is 0.877. The van der Waals surface area contributed by atoms with Gasteiger partial charge in [0.2, 0.25) is 0 Å². The molecule has 1 heterocycles. The van der Waals surface area contributed by atoms with Gasteiger partial charge in [-0.2, -0.15) is 0 Å². The maximum absolute atomic E-state index is 11.3. The van der Waals surface area contributed by atoms with Crippen LogP contribution < -0.4 is 5.48 Å². The van der Waals surface area contributed by atoms with Crippen LogP contribution in [-0.4, -0.2) is 22.6 Å². The summed E-state index contributed by atoms with van der Waals surface area (Å²) >= 11 is 0. The summed E-state index contributed by atoms with van der Waals surface area (Å²) in [5.74, 6) is -0.328. The summed E-state index contributed by atoms with van der Waals surface area (Å²) in [6, 6.07) is 5.15. The van der Waals surface area contributed by atoms with Gasteiger partial charge in [-0.05, 0) is 26.0 Å². The van der Waals surface area contributed by atoms with Crippen LogP contribution in [0.3, 0.4) is 0 Å². The van der Waals surface area contributed by atoms with Gasteiger partial charge in [0.25, 0.3) is 0 Å². The summed E-state index contributed by atoms with van der Waals surface area (Å²) < 4.78 is 0. The molecule has 5 nitrogen and oxygen atoms in total. The number of rotatable bonds is 3. The smallest absolute Gasteiger partial charge is 0.336 e. The third-order valence-corrected chi connectivity index (χ3v) is 3.42. The van der Waals surface area contributed by atoms with Crippen LogP contribution in [0.15, 0.2) is 23.2 Å². The van der Waals surface area contributed by atoms with Crippen LogP contribution in [0.5, 0.6) is 0 Å². The Labute approximate surface area is 112 Å². The topological polar surface area (TPSA) is 70.9 Å². The van der Waals surface area contributed by atoms with E-state index in [1.807, 2.05) is 27.7 Å². The zero-order chi connectivity index (χ0) is 14.2. The van der Waals surface area contributed by atoms with Crippen molar-refractivity contribution in [3.8, 4) is 0 Å². The average molecular weight is 262 g/mol. The van der Waals surface area contributed by atoms with E-state index in [2.05, 4.69) is 10.5 Å². The lowest BCUT2D eigenvalue weighted by molar-refractivity contribution is -0.0710. The maximum atomic E-state index is 11.3. The number of nitrogens with one attached hydrogen (secondary N) is 1. The second kappa shape index (κ2) is 4.66. The van der Waals surface area contributed by atoms with Crippen molar-refractivity contribution in [1.29, 1.82) is 0 Å². The average Bonchev–Trinajstić information content (AvgIpc) is 2.73. The lowest BCUT2D eigenvalue weighted by atomic mass is 10.0. The van der Waals surface area contributed by atoms with Crippen LogP contribution in [0.4, 0.5) is 0 Å². The number of carboxylic acid groups (broad SMARTS) is 1. The summed E-state index contributed by atoms with van der Waals surface area (Å²) in [4.78, 5) is 21.3. The standard InChI is InChI=1S/C14H18N2O3/c1-8(2)14(4)15-12(16-19-14)11-7-9(3)5-6-10(11)13(17)18/h5-8H,1-4H3,(H,15,16)(H,17,18). The molecule has 0 amide bonds. The van der Waals surface area contributed by atoms with Crippen molar-refractivity contribution in [1.82, 2.24) is 5.48 Å². The number of carbonyl (C=O) groups is 1. The lowest BCUT2D eigenvalue weighted by Crippen LogP contribution is -2.32. The van der Waals surface area contributed by atoms with Crippen molar-refractivity contribution in [2.45, 2.75) is 33.4 Å². The fraction of sp³-hybridized carbons (Fsp3) is 0.429. The van der Waals surface area contributed by atoms with E-state index in [1.54, 1.807) is 18.2 Å². The number of aliphatic imine (C=N–C) groups is 1. The number of hydrogen-bond acceptors (Lipinski definition) is 4. The van der Waals surface area contributed by atoms with Gasteiger partial charge in [-0.15, -0.1) is 0 Å². The molecule has 1 unspecified atom stereocenters. The number of amidine groups is 1.